The average Bonchev–Trinajstić information content (AvgIpc) is 2.68. The summed E-state index contributed by atoms with van der Waals surface area (Å²) in [5.74, 6) is 0.285. The Morgan fingerprint density at radius 2 is 1.72 bits per heavy atom. The normalized spacial score (nSPS) is 12.1. The van der Waals surface area contributed by atoms with Gasteiger partial charge in [-0.3, -0.25) is 4.79 Å². The summed E-state index contributed by atoms with van der Waals surface area (Å²) >= 11 is 0. The van der Waals surface area contributed by atoms with Gasteiger partial charge in [0.1, 0.15) is 11.5 Å². The number of aromatic hydroxyl groups is 2. The first kappa shape index (κ1) is 20.7. The van der Waals surface area contributed by atoms with E-state index in [-0.39, 0.29) is 40.8 Å². The predicted molar refractivity (Wildman–Crippen MR) is 120 cm³/mol. The number of H-pyrrole nitrogens is 1. The molecule has 1 unspecified atom stereocenters. The molecule has 1 aromatic heterocycles. The Morgan fingerprint density at radius 1 is 1.03 bits per heavy atom. The molecular formula is C23H23ClN2O3. The predicted octanol–water partition coefficient (Wildman–Crippen LogP) is 4.55. The van der Waals surface area contributed by atoms with Crippen LogP contribution < -0.4 is 11.3 Å². The summed E-state index contributed by atoms with van der Waals surface area (Å²) < 4.78 is 0. The van der Waals surface area contributed by atoms with E-state index in [1.165, 1.54) is 6.07 Å². The Labute approximate surface area is 174 Å². The topological polar surface area (TPSA) is 99.3 Å². The lowest BCUT2D eigenvalue weighted by molar-refractivity contribution is 0.477. The minimum absolute atomic E-state index is 0. The van der Waals surface area contributed by atoms with Gasteiger partial charge in [-0.25, -0.2) is 0 Å². The monoisotopic (exact) mass is 410 g/mol. The van der Waals surface area contributed by atoms with Crippen molar-refractivity contribution in [1.29, 1.82) is 0 Å². The van der Waals surface area contributed by atoms with E-state index in [0.29, 0.717) is 28.4 Å². The van der Waals surface area contributed by atoms with Crippen molar-refractivity contribution in [3.63, 3.8) is 0 Å². The molecule has 0 fully saturated rings. The minimum atomic E-state index is -0.354. The van der Waals surface area contributed by atoms with Gasteiger partial charge in [-0.2, -0.15) is 0 Å². The zero-order chi connectivity index (χ0) is 20.0. The number of aryl methyl sites for hydroxylation is 1. The van der Waals surface area contributed by atoms with Gasteiger partial charge in [0.15, 0.2) is 0 Å². The number of rotatable bonds is 3. The van der Waals surface area contributed by atoms with Crippen LogP contribution in [0.1, 0.15) is 24.0 Å². The van der Waals surface area contributed by atoms with Crippen LogP contribution in [0.4, 0.5) is 0 Å². The number of hydrogen-bond donors (Lipinski definition) is 4. The number of benzene rings is 3. The Morgan fingerprint density at radius 3 is 2.38 bits per heavy atom. The molecule has 3 aromatic carbocycles. The molecule has 1 atom stereocenters. The fourth-order valence-electron chi connectivity index (χ4n) is 3.80. The number of aromatic nitrogens is 1. The Kier molecular flexibility index (Phi) is 5.55. The highest BCUT2D eigenvalue weighted by atomic mass is 35.5. The second-order valence-electron chi connectivity index (χ2n) is 7.25. The van der Waals surface area contributed by atoms with Crippen LogP contribution in [-0.4, -0.2) is 21.7 Å². The number of fused-ring (bicyclic) bond motifs is 3. The first-order valence-corrected chi connectivity index (χ1v) is 9.23. The highest BCUT2D eigenvalue weighted by molar-refractivity contribution is 6.15. The molecule has 4 aromatic rings. The van der Waals surface area contributed by atoms with Crippen LogP contribution in [0.5, 0.6) is 11.5 Å². The number of nitrogens with one attached hydrogen (secondary N) is 1. The fourth-order valence-corrected chi connectivity index (χ4v) is 3.80. The number of aromatic amines is 1. The molecule has 0 saturated heterocycles. The van der Waals surface area contributed by atoms with Gasteiger partial charge in [-0.15, -0.1) is 12.4 Å². The van der Waals surface area contributed by atoms with Crippen molar-refractivity contribution in [2.45, 2.75) is 19.8 Å². The minimum Gasteiger partial charge on any atom is -0.507 e. The average molecular weight is 411 g/mol. The number of phenols is 2. The van der Waals surface area contributed by atoms with Gasteiger partial charge in [0.05, 0.1) is 10.9 Å². The van der Waals surface area contributed by atoms with Crippen LogP contribution in [0.15, 0.2) is 53.3 Å². The molecule has 0 aliphatic rings. The van der Waals surface area contributed by atoms with E-state index in [1.54, 1.807) is 18.2 Å². The lowest BCUT2D eigenvalue weighted by Gasteiger charge is -2.16. The Hall–Kier alpha value is -3.02. The van der Waals surface area contributed by atoms with E-state index in [9.17, 15) is 15.0 Å². The van der Waals surface area contributed by atoms with Crippen molar-refractivity contribution >= 4 is 34.1 Å². The Balaban J connectivity index is 0.00000240. The molecule has 6 heteroatoms. The maximum atomic E-state index is 12.6. The summed E-state index contributed by atoms with van der Waals surface area (Å²) in [6.45, 7) is 4.46. The van der Waals surface area contributed by atoms with Crippen molar-refractivity contribution in [3.8, 4) is 22.6 Å². The smallest absolute Gasteiger partial charge is 0.260 e. The van der Waals surface area contributed by atoms with E-state index >= 15 is 0 Å². The number of hydrogen-bond acceptors (Lipinski definition) is 4. The lowest BCUT2D eigenvalue weighted by atomic mass is 9.92. The van der Waals surface area contributed by atoms with Gasteiger partial charge in [-0.1, -0.05) is 43.3 Å². The summed E-state index contributed by atoms with van der Waals surface area (Å²) in [5, 5.41) is 22.6. The summed E-state index contributed by atoms with van der Waals surface area (Å²) in [4.78, 5) is 15.4. The molecule has 1 heterocycles. The van der Waals surface area contributed by atoms with Crippen molar-refractivity contribution in [3.05, 3.63) is 70.0 Å². The van der Waals surface area contributed by atoms with Crippen molar-refractivity contribution in [2.75, 3.05) is 6.54 Å². The SMILES string of the molecule is Cc1cc(O)c(-c2ccc(C(C)CN)cc2)c2c1[nH]c(=O)c1c(O)cccc12.Cl. The molecule has 0 bridgehead atoms. The second kappa shape index (κ2) is 7.78. The molecule has 0 aliphatic heterocycles. The molecule has 5 N–H and O–H groups in total. The summed E-state index contributed by atoms with van der Waals surface area (Å²) in [6, 6.07) is 14.5. The molecule has 150 valence electrons. The molecule has 0 saturated carbocycles. The number of nitrogens with two attached hydrogens (primary N) is 1. The first-order chi connectivity index (χ1) is 13.4. The molecule has 0 amide bonds. The van der Waals surface area contributed by atoms with Crippen LogP contribution in [0.3, 0.4) is 0 Å². The van der Waals surface area contributed by atoms with Crippen LogP contribution in [0, 0.1) is 6.92 Å². The zero-order valence-electron chi connectivity index (χ0n) is 16.2. The molecule has 5 nitrogen and oxygen atoms in total. The highest BCUT2D eigenvalue weighted by Gasteiger charge is 2.18. The van der Waals surface area contributed by atoms with E-state index in [4.69, 9.17) is 5.73 Å². The quantitative estimate of drug-likeness (QED) is 0.372. The molecule has 4 rings (SSSR count). The van der Waals surface area contributed by atoms with Crippen molar-refractivity contribution in [1.82, 2.24) is 4.98 Å². The van der Waals surface area contributed by atoms with Crippen LogP contribution in [-0.2, 0) is 0 Å². The van der Waals surface area contributed by atoms with Crippen molar-refractivity contribution in [2.24, 2.45) is 5.73 Å². The number of phenolic OH excluding ortho intramolecular Hbond substituents is 2. The van der Waals surface area contributed by atoms with Crippen molar-refractivity contribution < 1.29 is 10.2 Å². The van der Waals surface area contributed by atoms with Gasteiger partial charge in [0, 0.05) is 16.3 Å². The third kappa shape index (κ3) is 3.33. The van der Waals surface area contributed by atoms with Crippen LogP contribution >= 0.6 is 12.4 Å². The van der Waals surface area contributed by atoms with Gasteiger partial charge >= 0.3 is 0 Å². The van der Waals surface area contributed by atoms with Crippen LogP contribution in [0.2, 0.25) is 0 Å². The van der Waals surface area contributed by atoms with E-state index in [0.717, 1.165) is 16.7 Å². The van der Waals surface area contributed by atoms with Crippen LogP contribution in [0.25, 0.3) is 32.8 Å². The second-order valence-corrected chi connectivity index (χ2v) is 7.25. The molecule has 0 radical (unpaired) electrons. The third-order valence-corrected chi connectivity index (χ3v) is 5.40. The van der Waals surface area contributed by atoms with Gasteiger partial charge in [0.25, 0.3) is 5.56 Å². The lowest BCUT2D eigenvalue weighted by Crippen LogP contribution is -2.09. The van der Waals surface area contributed by atoms with Gasteiger partial charge in [-0.05, 0) is 48.2 Å². The summed E-state index contributed by atoms with van der Waals surface area (Å²) in [7, 11) is 0. The third-order valence-electron chi connectivity index (χ3n) is 5.40. The first-order valence-electron chi connectivity index (χ1n) is 9.23. The largest absolute Gasteiger partial charge is 0.507 e. The van der Waals surface area contributed by atoms with E-state index < -0.39 is 0 Å². The summed E-state index contributed by atoms with van der Waals surface area (Å²) in [5.41, 5.74) is 9.39. The fraction of sp³-hybridized carbons (Fsp3) is 0.174. The zero-order valence-corrected chi connectivity index (χ0v) is 17.0. The standard InChI is InChI=1S/C23H22N2O3.ClH/c1-12-10-18(27)19(15-8-6-14(7-9-15)13(2)11-24)21-16-4-3-5-17(26)20(16)23(28)25-22(12)21;/h3-10,13,26-27H,11,24H2,1-2H3,(H,25,28);1H. The maximum Gasteiger partial charge on any atom is 0.260 e. The maximum absolute atomic E-state index is 12.6. The molecule has 29 heavy (non-hydrogen) atoms. The van der Waals surface area contributed by atoms with Gasteiger partial charge in [0.2, 0.25) is 0 Å². The highest BCUT2D eigenvalue weighted by Crippen LogP contribution is 2.41. The van der Waals surface area contributed by atoms with E-state index in [2.05, 4.69) is 11.9 Å². The molecule has 0 aliphatic carbocycles. The number of halogens is 1. The molecular weight excluding hydrogens is 388 g/mol. The van der Waals surface area contributed by atoms with E-state index in [1.807, 2.05) is 31.2 Å². The molecule has 0 spiro atoms. The Bertz CT molecular complexity index is 1260. The van der Waals surface area contributed by atoms with Gasteiger partial charge < -0.3 is 20.9 Å². The summed E-state index contributed by atoms with van der Waals surface area (Å²) in [6.07, 6.45) is 0. The number of pyridine rings is 1.